The topological polar surface area (TPSA) is 91.9 Å². The molecule has 4 rings (SSSR count). The summed E-state index contributed by atoms with van der Waals surface area (Å²) in [5.74, 6) is 2.68. The Morgan fingerprint density at radius 2 is 1.44 bits per heavy atom. The average Bonchev–Trinajstić information content (AvgIpc) is 3.41. The summed E-state index contributed by atoms with van der Waals surface area (Å²) >= 11 is 0. The number of carbonyl (C=O) groups is 1. The van der Waals surface area contributed by atoms with Gasteiger partial charge in [0.05, 0.1) is 46.9 Å². The van der Waals surface area contributed by atoms with E-state index in [1.165, 1.54) is 0 Å². The minimum absolute atomic E-state index is 0.0371. The Hall–Kier alpha value is -3.94. The predicted molar refractivity (Wildman–Crippen MR) is 119 cm³/mol. The maximum atomic E-state index is 12.9. The molecule has 0 atom stereocenters. The maximum absolute atomic E-state index is 12.9. The zero-order valence-electron chi connectivity index (χ0n) is 18.6. The van der Waals surface area contributed by atoms with Crippen molar-refractivity contribution in [3.05, 3.63) is 52.7 Å². The van der Waals surface area contributed by atoms with E-state index < -0.39 is 0 Å². The zero-order chi connectivity index (χ0) is 22.8. The molecule has 0 unspecified atom stereocenters. The number of carbonyl (C=O) groups excluding carboxylic acids is 1. The Morgan fingerprint density at radius 3 is 2.03 bits per heavy atom. The molecule has 0 fully saturated rings. The molecule has 166 valence electrons. The summed E-state index contributed by atoms with van der Waals surface area (Å²) in [4.78, 5) is 12.9. The number of rotatable bonds is 7. The Morgan fingerprint density at radius 1 is 0.812 bits per heavy atom. The number of nitrogens with zero attached hydrogens (tertiary/aromatic N) is 1. The lowest BCUT2D eigenvalue weighted by molar-refractivity contribution is 0.104. The maximum Gasteiger partial charge on any atom is 0.203 e. The number of H-pyrrole nitrogens is 1. The number of Topliss-reactive ketones (excluding diaryl/α,β-unsaturated/α-hetero) is 1. The van der Waals surface area contributed by atoms with Crippen LogP contribution in [0, 0.1) is 0 Å². The molecule has 0 amide bonds. The van der Waals surface area contributed by atoms with Gasteiger partial charge in [0.25, 0.3) is 0 Å². The highest BCUT2D eigenvalue weighted by molar-refractivity contribution is 6.15. The number of allylic oxidation sites excluding steroid dienone is 1. The number of hydrogen-bond donors (Lipinski definition) is 1. The van der Waals surface area contributed by atoms with E-state index in [9.17, 15) is 4.79 Å². The van der Waals surface area contributed by atoms with E-state index in [-0.39, 0.29) is 5.78 Å². The third-order valence-corrected chi connectivity index (χ3v) is 5.41. The van der Waals surface area contributed by atoms with Gasteiger partial charge in [0.2, 0.25) is 5.75 Å². The molecule has 1 N–H and O–H groups in total. The van der Waals surface area contributed by atoms with Gasteiger partial charge in [0.1, 0.15) is 0 Å². The number of nitrogens with one attached hydrogen (secondary N) is 1. The van der Waals surface area contributed by atoms with Gasteiger partial charge in [0, 0.05) is 23.1 Å². The number of hydrogen-bond acceptors (Lipinski definition) is 7. The van der Waals surface area contributed by atoms with E-state index in [0.717, 1.165) is 11.1 Å². The second-order valence-corrected chi connectivity index (χ2v) is 7.16. The van der Waals surface area contributed by atoms with E-state index in [4.69, 9.17) is 23.7 Å². The fraction of sp³-hybridized carbons (Fsp3) is 0.250. The third kappa shape index (κ3) is 3.64. The van der Waals surface area contributed by atoms with Crippen LogP contribution in [-0.2, 0) is 6.42 Å². The first-order valence-electron chi connectivity index (χ1n) is 9.88. The number of aromatic nitrogens is 2. The molecule has 0 saturated carbocycles. The summed E-state index contributed by atoms with van der Waals surface area (Å²) in [5.41, 5.74) is 4.37. The Bertz CT molecular complexity index is 1190. The SMILES string of the molecule is COc1cc2c(cc1OC)C(=O)C(=Cc1cc(-c3cc(OC)c(OC)c(OC)c3)n[nH]1)C2. The molecule has 1 aromatic heterocycles. The summed E-state index contributed by atoms with van der Waals surface area (Å²) < 4.78 is 26.9. The second kappa shape index (κ2) is 8.66. The molecular formula is C24H24N2O6. The minimum atomic E-state index is -0.0371. The summed E-state index contributed by atoms with van der Waals surface area (Å²) in [7, 11) is 7.81. The van der Waals surface area contributed by atoms with Crippen molar-refractivity contribution in [3.63, 3.8) is 0 Å². The molecule has 8 heteroatoms. The molecule has 3 aromatic rings. The van der Waals surface area contributed by atoms with Crippen LogP contribution in [0.4, 0.5) is 0 Å². The number of ketones is 1. The number of ether oxygens (including phenoxy) is 5. The number of methoxy groups -OCH3 is 5. The lowest BCUT2D eigenvalue weighted by Gasteiger charge is -2.13. The van der Waals surface area contributed by atoms with Gasteiger partial charge < -0.3 is 23.7 Å². The van der Waals surface area contributed by atoms with E-state index in [2.05, 4.69) is 10.2 Å². The fourth-order valence-corrected chi connectivity index (χ4v) is 3.83. The molecule has 2 aromatic carbocycles. The van der Waals surface area contributed by atoms with Crippen molar-refractivity contribution in [2.45, 2.75) is 6.42 Å². The first-order valence-corrected chi connectivity index (χ1v) is 9.88. The average molecular weight is 436 g/mol. The van der Waals surface area contributed by atoms with Gasteiger partial charge in [-0.3, -0.25) is 9.89 Å². The summed E-state index contributed by atoms with van der Waals surface area (Å²) in [6, 6.07) is 9.09. The zero-order valence-corrected chi connectivity index (χ0v) is 18.6. The highest BCUT2D eigenvalue weighted by Crippen LogP contribution is 2.41. The van der Waals surface area contributed by atoms with E-state index in [1.54, 1.807) is 41.6 Å². The van der Waals surface area contributed by atoms with Gasteiger partial charge in [-0.2, -0.15) is 5.10 Å². The number of fused-ring (bicyclic) bond motifs is 1. The second-order valence-electron chi connectivity index (χ2n) is 7.16. The van der Waals surface area contributed by atoms with Crippen molar-refractivity contribution in [1.82, 2.24) is 10.2 Å². The standard InChI is InChI=1S/C24H24N2O6/c1-28-19-8-13-6-15(23(27)17(13)12-20(19)29-2)7-16-11-18(26-25-16)14-9-21(30-3)24(32-5)22(10-14)31-4/h7-12H,6H2,1-5H3,(H,25,26). The molecule has 0 aliphatic heterocycles. The molecule has 1 aliphatic rings. The van der Waals surface area contributed by atoms with Crippen LogP contribution in [0.5, 0.6) is 28.7 Å². The highest BCUT2D eigenvalue weighted by atomic mass is 16.5. The van der Waals surface area contributed by atoms with Gasteiger partial charge in [-0.1, -0.05) is 0 Å². The highest BCUT2D eigenvalue weighted by Gasteiger charge is 2.27. The summed E-state index contributed by atoms with van der Waals surface area (Å²) in [6.07, 6.45) is 2.32. The molecule has 0 bridgehead atoms. The Kier molecular flexibility index (Phi) is 5.77. The van der Waals surface area contributed by atoms with Gasteiger partial charge in [-0.05, 0) is 42.0 Å². The van der Waals surface area contributed by atoms with Gasteiger partial charge in [0.15, 0.2) is 28.8 Å². The first-order chi connectivity index (χ1) is 15.5. The van der Waals surface area contributed by atoms with Crippen LogP contribution in [0.3, 0.4) is 0 Å². The lowest BCUT2D eigenvalue weighted by Crippen LogP contribution is -1.97. The lowest BCUT2D eigenvalue weighted by atomic mass is 10.1. The summed E-state index contributed by atoms with van der Waals surface area (Å²) in [5, 5.41) is 7.38. The van der Waals surface area contributed by atoms with Crippen molar-refractivity contribution >= 4 is 11.9 Å². The van der Waals surface area contributed by atoms with Gasteiger partial charge in [-0.15, -0.1) is 0 Å². The smallest absolute Gasteiger partial charge is 0.203 e. The first kappa shape index (κ1) is 21.3. The minimum Gasteiger partial charge on any atom is -0.493 e. The quantitative estimate of drug-likeness (QED) is 0.561. The van der Waals surface area contributed by atoms with Crippen molar-refractivity contribution < 1.29 is 28.5 Å². The molecule has 1 aliphatic carbocycles. The molecule has 32 heavy (non-hydrogen) atoms. The van der Waals surface area contributed by atoms with Crippen LogP contribution in [-0.4, -0.2) is 51.5 Å². The van der Waals surface area contributed by atoms with Gasteiger partial charge >= 0.3 is 0 Å². The van der Waals surface area contributed by atoms with Gasteiger partial charge in [-0.25, -0.2) is 0 Å². The Labute approximate surface area is 185 Å². The molecule has 0 spiro atoms. The van der Waals surface area contributed by atoms with Crippen molar-refractivity contribution in [1.29, 1.82) is 0 Å². The van der Waals surface area contributed by atoms with Crippen LogP contribution in [0.25, 0.3) is 17.3 Å². The Balaban J connectivity index is 1.66. The third-order valence-electron chi connectivity index (χ3n) is 5.41. The molecule has 1 heterocycles. The fourth-order valence-electron chi connectivity index (χ4n) is 3.83. The number of aromatic amines is 1. The molecule has 0 saturated heterocycles. The van der Waals surface area contributed by atoms with Crippen molar-refractivity contribution in [2.24, 2.45) is 0 Å². The molecule has 8 nitrogen and oxygen atoms in total. The molecule has 0 radical (unpaired) electrons. The molecular weight excluding hydrogens is 412 g/mol. The van der Waals surface area contributed by atoms with E-state index >= 15 is 0 Å². The van der Waals surface area contributed by atoms with Crippen molar-refractivity contribution in [3.8, 4) is 40.0 Å². The van der Waals surface area contributed by atoms with Crippen LogP contribution in [0.1, 0.15) is 21.6 Å². The van der Waals surface area contributed by atoms with Crippen LogP contribution >= 0.6 is 0 Å². The van der Waals surface area contributed by atoms with E-state index in [0.29, 0.717) is 57.7 Å². The van der Waals surface area contributed by atoms with Crippen LogP contribution in [0.15, 0.2) is 35.9 Å². The summed E-state index contributed by atoms with van der Waals surface area (Å²) in [6.45, 7) is 0. The predicted octanol–water partition coefficient (Wildman–Crippen LogP) is 3.94. The monoisotopic (exact) mass is 436 g/mol. The van der Waals surface area contributed by atoms with E-state index in [1.807, 2.05) is 30.3 Å². The normalized spacial score (nSPS) is 13.8. The van der Waals surface area contributed by atoms with Crippen molar-refractivity contribution in [2.75, 3.05) is 35.5 Å². The van der Waals surface area contributed by atoms with Crippen LogP contribution in [0.2, 0.25) is 0 Å². The van der Waals surface area contributed by atoms with Crippen LogP contribution < -0.4 is 23.7 Å². The number of benzene rings is 2. The largest absolute Gasteiger partial charge is 0.493 e.